The van der Waals surface area contributed by atoms with E-state index in [0.717, 1.165) is 15.7 Å². The van der Waals surface area contributed by atoms with E-state index in [1.54, 1.807) is 11.3 Å². The molecular weight excluding hydrogens is 202 g/mol. The van der Waals surface area contributed by atoms with E-state index in [0.29, 0.717) is 5.58 Å². The topological polar surface area (TPSA) is 66.2 Å². The number of H-pyrrole nitrogens is 1. The summed E-state index contributed by atoms with van der Waals surface area (Å²) in [5, 5.41) is 11.6. The summed E-state index contributed by atoms with van der Waals surface area (Å²) in [4.78, 5) is 14.7. The number of carboxylic acid groups (broad SMARTS) is 1. The smallest absolute Gasteiger partial charge is 0.371 e. The van der Waals surface area contributed by atoms with Crippen LogP contribution in [0.4, 0.5) is 0 Å². The van der Waals surface area contributed by atoms with E-state index in [1.165, 1.54) is 6.07 Å². The number of hydrogen-bond donors (Lipinski definition) is 2. The van der Waals surface area contributed by atoms with Crippen LogP contribution in [-0.4, -0.2) is 16.1 Å². The van der Waals surface area contributed by atoms with E-state index >= 15 is 0 Å². The van der Waals surface area contributed by atoms with Crippen molar-refractivity contribution in [1.82, 2.24) is 4.98 Å². The number of aromatic carboxylic acids is 1. The van der Waals surface area contributed by atoms with Crippen molar-refractivity contribution in [3.8, 4) is 0 Å². The van der Waals surface area contributed by atoms with Gasteiger partial charge in [-0.1, -0.05) is 0 Å². The quantitative estimate of drug-likeness (QED) is 0.644. The molecule has 0 unspecified atom stereocenters. The number of aromatic nitrogens is 1. The van der Waals surface area contributed by atoms with Crippen molar-refractivity contribution in [2.24, 2.45) is 0 Å². The highest BCUT2D eigenvalue weighted by Gasteiger charge is 2.14. The van der Waals surface area contributed by atoms with Gasteiger partial charge in [-0.25, -0.2) is 4.79 Å². The molecule has 0 saturated heterocycles. The van der Waals surface area contributed by atoms with Gasteiger partial charge in [0.2, 0.25) is 5.76 Å². The fraction of sp³-hybridized carbons (Fsp3) is 0. The fourth-order valence-corrected chi connectivity index (χ4v) is 2.29. The molecule has 5 heteroatoms. The summed E-state index contributed by atoms with van der Waals surface area (Å²) in [6.45, 7) is 0. The zero-order valence-electron chi connectivity index (χ0n) is 6.90. The van der Waals surface area contributed by atoms with E-state index in [1.807, 2.05) is 11.4 Å². The molecule has 0 bridgehead atoms. The minimum Gasteiger partial charge on any atom is -0.475 e. The van der Waals surface area contributed by atoms with Gasteiger partial charge in [-0.05, 0) is 11.4 Å². The predicted octanol–water partition coefficient (Wildman–Crippen LogP) is 2.67. The van der Waals surface area contributed by atoms with Gasteiger partial charge in [0.05, 0.1) is 10.9 Å². The van der Waals surface area contributed by atoms with E-state index in [4.69, 9.17) is 9.52 Å². The minimum absolute atomic E-state index is 0.0284. The average molecular weight is 207 g/mol. The number of aromatic amines is 1. The molecule has 0 amide bonds. The fourth-order valence-electron chi connectivity index (χ4n) is 1.50. The van der Waals surface area contributed by atoms with E-state index in [2.05, 4.69) is 4.98 Å². The summed E-state index contributed by atoms with van der Waals surface area (Å²) in [5.41, 5.74) is 1.36. The maximum absolute atomic E-state index is 10.6. The van der Waals surface area contributed by atoms with Crippen LogP contribution in [0.1, 0.15) is 10.6 Å². The Morgan fingerprint density at radius 3 is 3.21 bits per heavy atom. The Balaban J connectivity index is 2.43. The van der Waals surface area contributed by atoms with Crippen molar-refractivity contribution in [3.05, 3.63) is 23.3 Å². The SMILES string of the molecule is O=C(O)c1cc2[nH]c3sccc3c2o1. The van der Waals surface area contributed by atoms with Crippen molar-refractivity contribution >= 4 is 38.6 Å². The monoisotopic (exact) mass is 207 g/mol. The molecule has 0 radical (unpaired) electrons. The molecule has 0 aromatic carbocycles. The summed E-state index contributed by atoms with van der Waals surface area (Å²) in [6.07, 6.45) is 0. The third-order valence-corrected chi connectivity index (χ3v) is 2.93. The van der Waals surface area contributed by atoms with Gasteiger partial charge in [0.1, 0.15) is 4.83 Å². The number of furan rings is 1. The lowest BCUT2D eigenvalue weighted by atomic mass is 10.4. The molecule has 4 nitrogen and oxygen atoms in total. The summed E-state index contributed by atoms with van der Waals surface area (Å²) in [7, 11) is 0. The standard InChI is InChI=1S/C9H5NO3S/c11-9(12)6-3-5-7(13-6)4-1-2-14-8(4)10-5/h1-3,10H,(H,11,12). The van der Waals surface area contributed by atoms with Crippen LogP contribution >= 0.6 is 11.3 Å². The lowest BCUT2D eigenvalue weighted by Crippen LogP contribution is -1.91. The first kappa shape index (κ1) is 7.64. The zero-order valence-corrected chi connectivity index (χ0v) is 7.72. The highest BCUT2D eigenvalue weighted by Crippen LogP contribution is 2.31. The first-order valence-electron chi connectivity index (χ1n) is 3.98. The van der Waals surface area contributed by atoms with E-state index in [9.17, 15) is 4.79 Å². The average Bonchev–Trinajstić information content (AvgIpc) is 2.70. The Labute approximate surface area is 81.8 Å². The van der Waals surface area contributed by atoms with Crippen molar-refractivity contribution in [2.75, 3.05) is 0 Å². The van der Waals surface area contributed by atoms with Crippen LogP contribution < -0.4 is 0 Å². The van der Waals surface area contributed by atoms with Gasteiger partial charge in [0, 0.05) is 6.07 Å². The van der Waals surface area contributed by atoms with Crippen LogP contribution in [0.3, 0.4) is 0 Å². The molecule has 3 aromatic heterocycles. The first-order valence-corrected chi connectivity index (χ1v) is 4.85. The van der Waals surface area contributed by atoms with Crippen molar-refractivity contribution < 1.29 is 14.3 Å². The lowest BCUT2D eigenvalue weighted by molar-refractivity contribution is 0.0665. The number of rotatable bonds is 1. The first-order chi connectivity index (χ1) is 6.75. The van der Waals surface area contributed by atoms with E-state index < -0.39 is 5.97 Å². The van der Waals surface area contributed by atoms with Crippen molar-refractivity contribution in [3.63, 3.8) is 0 Å². The van der Waals surface area contributed by atoms with Crippen LogP contribution in [0.2, 0.25) is 0 Å². The summed E-state index contributed by atoms with van der Waals surface area (Å²) in [5.74, 6) is -1.07. The molecule has 0 aliphatic rings. The molecule has 0 saturated carbocycles. The molecule has 3 heterocycles. The van der Waals surface area contributed by atoms with Crippen LogP contribution in [0.15, 0.2) is 21.9 Å². The van der Waals surface area contributed by atoms with Crippen LogP contribution in [0.5, 0.6) is 0 Å². The molecule has 2 N–H and O–H groups in total. The summed E-state index contributed by atoms with van der Waals surface area (Å²) in [6, 6.07) is 3.42. The lowest BCUT2D eigenvalue weighted by Gasteiger charge is -1.82. The van der Waals surface area contributed by atoms with Gasteiger partial charge in [-0.2, -0.15) is 0 Å². The van der Waals surface area contributed by atoms with Crippen LogP contribution in [0, 0.1) is 0 Å². The number of hydrogen-bond acceptors (Lipinski definition) is 3. The Morgan fingerprint density at radius 2 is 2.43 bits per heavy atom. The minimum atomic E-state index is -1.04. The largest absolute Gasteiger partial charge is 0.475 e. The Kier molecular flexibility index (Phi) is 1.30. The maximum atomic E-state index is 10.6. The second kappa shape index (κ2) is 2.39. The Hall–Kier alpha value is -1.75. The number of carbonyl (C=O) groups is 1. The summed E-state index contributed by atoms with van der Waals surface area (Å²) < 4.78 is 5.22. The van der Waals surface area contributed by atoms with Gasteiger partial charge < -0.3 is 14.5 Å². The van der Waals surface area contributed by atoms with Crippen LogP contribution in [0.25, 0.3) is 21.3 Å². The molecule has 14 heavy (non-hydrogen) atoms. The second-order valence-corrected chi connectivity index (χ2v) is 3.86. The van der Waals surface area contributed by atoms with Gasteiger partial charge >= 0.3 is 5.97 Å². The van der Waals surface area contributed by atoms with Crippen molar-refractivity contribution in [1.29, 1.82) is 0 Å². The number of thiophene rings is 1. The second-order valence-electron chi connectivity index (χ2n) is 2.95. The van der Waals surface area contributed by atoms with Crippen LogP contribution in [-0.2, 0) is 0 Å². The molecule has 70 valence electrons. The Bertz CT molecular complexity index is 631. The highest BCUT2D eigenvalue weighted by molar-refractivity contribution is 7.17. The molecular formula is C9H5NO3S. The number of carboxylic acids is 1. The van der Waals surface area contributed by atoms with Gasteiger partial charge in [-0.15, -0.1) is 11.3 Å². The van der Waals surface area contributed by atoms with E-state index in [-0.39, 0.29) is 5.76 Å². The molecule has 0 aliphatic heterocycles. The molecule has 0 spiro atoms. The highest BCUT2D eigenvalue weighted by atomic mass is 32.1. The number of fused-ring (bicyclic) bond motifs is 3. The van der Waals surface area contributed by atoms with Crippen molar-refractivity contribution in [2.45, 2.75) is 0 Å². The molecule has 0 fully saturated rings. The number of nitrogens with one attached hydrogen (secondary N) is 1. The maximum Gasteiger partial charge on any atom is 0.371 e. The summed E-state index contributed by atoms with van der Waals surface area (Å²) >= 11 is 1.57. The molecule has 3 rings (SSSR count). The van der Waals surface area contributed by atoms with Gasteiger partial charge in [-0.3, -0.25) is 0 Å². The van der Waals surface area contributed by atoms with Gasteiger partial charge in [0.15, 0.2) is 5.58 Å². The molecule has 0 atom stereocenters. The molecule has 0 aliphatic carbocycles. The molecule has 3 aromatic rings. The third kappa shape index (κ3) is 0.843. The normalized spacial score (nSPS) is 11.4. The third-order valence-electron chi connectivity index (χ3n) is 2.10. The Morgan fingerprint density at radius 1 is 1.57 bits per heavy atom. The zero-order chi connectivity index (χ0) is 9.71. The predicted molar refractivity (Wildman–Crippen MR) is 52.9 cm³/mol. The van der Waals surface area contributed by atoms with Gasteiger partial charge in [0.25, 0.3) is 0 Å².